The number of nitrogens with zero attached hydrogens (tertiary/aromatic N) is 2. The number of nitrogens with two attached hydrogens (primary N) is 1. The monoisotopic (exact) mass is 405 g/mol. The summed E-state index contributed by atoms with van der Waals surface area (Å²) in [6.07, 6.45) is 4.13. The predicted octanol–water partition coefficient (Wildman–Crippen LogP) is 2.61. The molecule has 6 heteroatoms. The Labute approximate surface area is 176 Å². The lowest BCUT2D eigenvalue weighted by Crippen LogP contribution is -2.32. The number of amides is 3. The van der Waals surface area contributed by atoms with Gasteiger partial charge in [0.15, 0.2) is 0 Å². The summed E-state index contributed by atoms with van der Waals surface area (Å²) < 4.78 is 0. The lowest BCUT2D eigenvalue weighted by Gasteiger charge is -2.20. The van der Waals surface area contributed by atoms with Gasteiger partial charge in [0.1, 0.15) is 0 Å². The Balaban J connectivity index is 1.48. The van der Waals surface area contributed by atoms with Crippen molar-refractivity contribution in [3.8, 4) is 0 Å². The number of rotatable bonds is 8. The zero-order valence-electron chi connectivity index (χ0n) is 17.5. The normalized spacial score (nSPS) is 16.8. The van der Waals surface area contributed by atoms with Crippen molar-refractivity contribution in [2.75, 3.05) is 27.2 Å². The summed E-state index contributed by atoms with van der Waals surface area (Å²) in [7, 11) is 4.19. The summed E-state index contributed by atoms with van der Waals surface area (Å²) in [5.74, 6) is -1.50. The molecule has 2 aromatic carbocycles. The van der Waals surface area contributed by atoms with E-state index in [0.29, 0.717) is 6.42 Å². The molecule has 4 rings (SSSR count). The molecule has 0 bridgehead atoms. The SMILES string of the molecule is CN(C)CCC1(c2cccc(CCN3C(=O)c4cccc(C(N)=O)c4C3=O)c2)CC1. The molecule has 0 radical (unpaired) electrons. The molecule has 0 spiro atoms. The van der Waals surface area contributed by atoms with Crippen molar-refractivity contribution in [1.82, 2.24) is 9.80 Å². The van der Waals surface area contributed by atoms with Crippen molar-refractivity contribution in [3.05, 3.63) is 70.3 Å². The number of hydrogen-bond donors (Lipinski definition) is 1. The van der Waals surface area contributed by atoms with Crippen LogP contribution in [0.4, 0.5) is 0 Å². The van der Waals surface area contributed by atoms with Crippen LogP contribution in [0.3, 0.4) is 0 Å². The topological polar surface area (TPSA) is 83.7 Å². The molecule has 1 heterocycles. The van der Waals surface area contributed by atoms with E-state index >= 15 is 0 Å². The van der Waals surface area contributed by atoms with E-state index in [-0.39, 0.29) is 34.6 Å². The Morgan fingerprint density at radius 3 is 2.50 bits per heavy atom. The van der Waals surface area contributed by atoms with Crippen molar-refractivity contribution in [3.63, 3.8) is 0 Å². The van der Waals surface area contributed by atoms with E-state index in [9.17, 15) is 14.4 Å². The molecule has 30 heavy (non-hydrogen) atoms. The number of carbonyl (C=O) groups is 3. The van der Waals surface area contributed by atoms with Gasteiger partial charge in [-0.2, -0.15) is 0 Å². The fraction of sp³-hybridized carbons (Fsp3) is 0.375. The quantitative estimate of drug-likeness (QED) is 0.685. The Hall–Kier alpha value is -2.99. The van der Waals surface area contributed by atoms with Gasteiger partial charge in [0, 0.05) is 6.54 Å². The van der Waals surface area contributed by atoms with Crippen molar-refractivity contribution in [1.29, 1.82) is 0 Å². The van der Waals surface area contributed by atoms with Gasteiger partial charge in [-0.25, -0.2) is 0 Å². The maximum Gasteiger partial charge on any atom is 0.262 e. The lowest BCUT2D eigenvalue weighted by atomic mass is 9.90. The summed E-state index contributed by atoms with van der Waals surface area (Å²) in [4.78, 5) is 40.7. The fourth-order valence-corrected chi connectivity index (χ4v) is 4.31. The Bertz CT molecular complexity index is 1020. The first kappa shape index (κ1) is 20.3. The molecule has 0 saturated heterocycles. The minimum absolute atomic E-state index is 0.104. The molecule has 3 amide bonds. The molecule has 0 atom stereocenters. The Morgan fingerprint density at radius 2 is 1.83 bits per heavy atom. The van der Waals surface area contributed by atoms with Gasteiger partial charge < -0.3 is 10.6 Å². The summed E-state index contributed by atoms with van der Waals surface area (Å²) in [5.41, 5.74) is 8.60. The summed E-state index contributed by atoms with van der Waals surface area (Å²) >= 11 is 0. The first-order chi connectivity index (χ1) is 14.3. The van der Waals surface area contributed by atoms with Gasteiger partial charge in [0.05, 0.1) is 16.7 Å². The first-order valence-corrected chi connectivity index (χ1v) is 10.4. The highest BCUT2D eigenvalue weighted by Gasteiger charge is 2.43. The molecule has 0 aromatic heterocycles. The molecule has 1 aliphatic heterocycles. The second-order valence-corrected chi connectivity index (χ2v) is 8.64. The van der Waals surface area contributed by atoms with Gasteiger partial charge in [0.25, 0.3) is 11.8 Å². The highest BCUT2D eigenvalue weighted by atomic mass is 16.2. The number of primary amides is 1. The molecule has 1 aliphatic carbocycles. The average molecular weight is 405 g/mol. The molecule has 0 unspecified atom stereocenters. The van der Waals surface area contributed by atoms with Crippen LogP contribution in [0.5, 0.6) is 0 Å². The van der Waals surface area contributed by atoms with E-state index in [4.69, 9.17) is 5.73 Å². The second kappa shape index (κ2) is 7.69. The van der Waals surface area contributed by atoms with Crippen LogP contribution in [0.1, 0.15) is 61.5 Å². The lowest BCUT2D eigenvalue weighted by molar-refractivity contribution is 0.0654. The fourth-order valence-electron chi connectivity index (χ4n) is 4.31. The maximum absolute atomic E-state index is 12.8. The third-order valence-corrected chi connectivity index (χ3v) is 6.32. The number of imide groups is 1. The first-order valence-electron chi connectivity index (χ1n) is 10.4. The highest BCUT2D eigenvalue weighted by molar-refractivity contribution is 6.24. The van der Waals surface area contributed by atoms with Crippen molar-refractivity contribution < 1.29 is 14.4 Å². The van der Waals surface area contributed by atoms with Gasteiger partial charge in [0.2, 0.25) is 5.91 Å². The molecule has 2 aromatic rings. The molecular weight excluding hydrogens is 378 g/mol. The van der Waals surface area contributed by atoms with Crippen LogP contribution < -0.4 is 5.73 Å². The van der Waals surface area contributed by atoms with E-state index in [1.165, 1.54) is 29.4 Å². The van der Waals surface area contributed by atoms with Crippen molar-refractivity contribution in [2.45, 2.75) is 31.1 Å². The number of benzene rings is 2. The van der Waals surface area contributed by atoms with E-state index in [0.717, 1.165) is 18.5 Å². The van der Waals surface area contributed by atoms with Crippen LogP contribution in [-0.2, 0) is 11.8 Å². The molecule has 1 fully saturated rings. The average Bonchev–Trinajstić information content (AvgIpc) is 3.48. The van der Waals surface area contributed by atoms with Crippen LogP contribution in [0, 0.1) is 0 Å². The third kappa shape index (κ3) is 3.63. The zero-order chi connectivity index (χ0) is 21.5. The Kier molecular flexibility index (Phi) is 5.20. The molecular formula is C24H27N3O3. The largest absolute Gasteiger partial charge is 0.366 e. The van der Waals surface area contributed by atoms with Crippen LogP contribution in [-0.4, -0.2) is 54.7 Å². The Morgan fingerprint density at radius 1 is 1.10 bits per heavy atom. The van der Waals surface area contributed by atoms with Crippen LogP contribution in [0.15, 0.2) is 42.5 Å². The molecule has 1 saturated carbocycles. The molecule has 6 nitrogen and oxygen atoms in total. The van der Waals surface area contributed by atoms with Crippen molar-refractivity contribution in [2.24, 2.45) is 5.73 Å². The number of fused-ring (bicyclic) bond motifs is 1. The van der Waals surface area contributed by atoms with Gasteiger partial charge in [-0.3, -0.25) is 19.3 Å². The van der Waals surface area contributed by atoms with E-state index < -0.39 is 11.8 Å². The smallest absolute Gasteiger partial charge is 0.262 e. The third-order valence-electron chi connectivity index (χ3n) is 6.32. The van der Waals surface area contributed by atoms with Gasteiger partial charge >= 0.3 is 0 Å². The summed E-state index contributed by atoms with van der Waals surface area (Å²) in [6.45, 7) is 1.33. The molecule has 2 aliphatic rings. The second-order valence-electron chi connectivity index (χ2n) is 8.64. The van der Waals surface area contributed by atoms with Crippen LogP contribution >= 0.6 is 0 Å². The highest BCUT2D eigenvalue weighted by Crippen LogP contribution is 2.51. The van der Waals surface area contributed by atoms with Gasteiger partial charge in [-0.05, 0) is 75.0 Å². The van der Waals surface area contributed by atoms with Crippen molar-refractivity contribution >= 4 is 17.7 Å². The van der Waals surface area contributed by atoms with E-state index in [1.54, 1.807) is 12.1 Å². The number of hydrogen-bond acceptors (Lipinski definition) is 4. The number of carbonyl (C=O) groups excluding carboxylic acids is 3. The van der Waals surface area contributed by atoms with Crippen LogP contribution in [0.2, 0.25) is 0 Å². The standard InChI is InChI=1S/C24H27N3O3/c1-26(2)14-12-24(10-11-24)17-6-3-5-16(15-17)9-13-27-22(29)19-8-4-7-18(21(25)28)20(19)23(27)30/h3-8,15H,9-14H2,1-2H3,(H2,25,28). The molecule has 2 N–H and O–H groups in total. The van der Waals surface area contributed by atoms with Gasteiger partial charge in [-0.15, -0.1) is 0 Å². The van der Waals surface area contributed by atoms with E-state index in [2.05, 4.69) is 37.2 Å². The van der Waals surface area contributed by atoms with Gasteiger partial charge in [-0.1, -0.05) is 30.3 Å². The minimum Gasteiger partial charge on any atom is -0.366 e. The summed E-state index contributed by atoms with van der Waals surface area (Å²) in [5, 5.41) is 0. The maximum atomic E-state index is 12.8. The predicted molar refractivity (Wildman–Crippen MR) is 115 cm³/mol. The summed E-state index contributed by atoms with van der Waals surface area (Å²) in [6, 6.07) is 13.2. The zero-order valence-corrected chi connectivity index (χ0v) is 17.5. The van der Waals surface area contributed by atoms with E-state index in [1.807, 2.05) is 6.07 Å². The minimum atomic E-state index is -0.699. The molecule has 156 valence electrons. The van der Waals surface area contributed by atoms with Crippen LogP contribution in [0.25, 0.3) is 0 Å².